The largest absolute Gasteiger partial charge is 0.497 e. The van der Waals surface area contributed by atoms with Gasteiger partial charge in [0.25, 0.3) is 0 Å². The Labute approximate surface area is 152 Å². The van der Waals surface area contributed by atoms with Crippen molar-refractivity contribution in [3.8, 4) is 23.3 Å². The minimum atomic E-state index is -0.0461. The van der Waals surface area contributed by atoms with Crippen LogP contribution in [-0.4, -0.2) is 26.6 Å². The molecule has 0 amide bonds. The fourth-order valence-electron chi connectivity index (χ4n) is 3.02. The highest BCUT2D eigenvalue weighted by Crippen LogP contribution is 2.32. The molecule has 2 aromatic carbocycles. The van der Waals surface area contributed by atoms with Crippen LogP contribution in [0.4, 0.5) is 0 Å². The zero-order chi connectivity index (χ0) is 18.5. The summed E-state index contributed by atoms with van der Waals surface area (Å²) in [6.07, 6.45) is 3.35. The number of hydrogen-bond acceptors (Lipinski definition) is 5. The number of Topliss-reactive ketones (excluding diaryl/α,β-unsaturated/α-hetero) is 1. The van der Waals surface area contributed by atoms with E-state index in [-0.39, 0.29) is 12.4 Å². The average molecular weight is 349 g/mol. The molecule has 0 saturated carbocycles. The van der Waals surface area contributed by atoms with Gasteiger partial charge in [0.15, 0.2) is 23.9 Å². The highest BCUT2D eigenvalue weighted by Gasteiger charge is 2.22. The van der Waals surface area contributed by atoms with E-state index in [9.17, 15) is 4.79 Å². The Morgan fingerprint density at radius 1 is 1.08 bits per heavy atom. The molecule has 1 aliphatic rings. The molecule has 1 aliphatic carbocycles. The molecule has 5 nitrogen and oxygen atoms in total. The maximum absolute atomic E-state index is 12.8. The van der Waals surface area contributed by atoms with Gasteiger partial charge in [-0.25, -0.2) is 0 Å². The molecule has 0 atom stereocenters. The molecule has 3 rings (SSSR count). The third kappa shape index (κ3) is 3.55. The maximum atomic E-state index is 12.8. The third-order valence-electron chi connectivity index (χ3n) is 4.33. The van der Waals surface area contributed by atoms with Crippen molar-refractivity contribution in [3.05, 3.63) is 58.7 Å². The van der Waals surface area contributed by atoms with Crippen molar-refractivity contribution in [2.24, 2.45) is 0 Å². The Hall–Kier alpha value is -3.26. The first-order chi connectivity index (χ1) is 12.7. The number of methoxy groups -OCH3 is 2. The van der Waals surface area contributed by atoms with Crippen molar-refractivity contribution >= 4 is 11.9 Å². The second kappa shape index (κ2) is 7.75. The SMILES string of the molecule is COc1ccc2c(c1)CC/C(=C/c1ccc(OCC#N)c(OC)c1)C2=O. The van der Waals surface area contributed by atoms with Crippen LogP contribution < -0.4 is 14.2 Å². The van der Waals surface area contributed by atoms with Gasteiger partial charge >= 0.3 is 0 Å². The molecule has 0 spiro atoms. The molecule has 2 aromatic rings. The normalized spacial score (nSPS) is 14.5. The number of nitriles is 1. The second-order valence-corrected chi connectivity index (χ2v) is 5.88. The minimum Gasteiger partial charge on any atom is -0.497 e. The molecule has 0 radical (unpaired) electrons. The van der Waals surface area contributed by atoms with Crippen LogP contribution in [0.15, 0.2) is 42.0 Å². The van der Waals surface area contributed by atoms with Crippen molar-refractivity contribution in [2.45, 2.75) is 12.8 Å². The molecule has 0 fully saturated rings. The van der Waals surface area contributed by atoms with E-state index in [1.54, 1.807) is 26.4 Å². The Balaban J connectivity index is 1.88. The van der Waals surface area contributed by atoms with Crippen molar-refractivity contribution in [1.82, 2.24) is 0 Å². The Bertz CT molecular complexity index is 909. The minimum absolute atomic E-state index is 0.0395. The predicted octanol–water partition coefficient (Wildman–Crippen LogP) is 3.82. The molecule has 5 heteroatoms. The van der Waals surface area contributed by atoms with E-state index in [2.05, 4.69) is 0 Å². The van der Waals surface area contributed by atoms with Gasteiger partial charge in [-0.1, -0.05) is 6.07 Å². The number of aryl methyl sites for hydroxylation is 1. The summed E-state index contributed by atoms with van der Waals surface area (Å²) >= 11 is 0. The van der Waals surface area contributed by atoms with Crippen molar-refractivity contribution in [2.75, 3.05) is 20.8 Å². The molecule has 0 saturated heterocycles. The summed E-state index contributed by atoms with van der Waals surface area (Å²) in [4.78, 5) is 12.8. The first-order valence-corrected chi connectivity index (χ1v) is 8.26. The monoisotopic (exact) mass is 349 g/mol. The number of fused-ring (bicyclic) bond motifs is 1. The van der Waals surface area contributed by atoms with Crippen LogP contribution in [0.25, 0.3) is 6.08 Å². The van der Waals surface area contributed by atoms with Crippen LogP contribution in [-0.2, 0) is 6.42 Å². The maximum Gasteiger partial charge on any atom is 0.189 e. The average Bonchev–Trinajstić information content (AvgIpc) is 2.68. The quantitative estimate of drug-likeness (QED) is 0.768. The number of rotatable bonds is 5. The molecule has 0 N–H and O–H groups in total. The molecule has 0 aliphatic heterocycles. The van der Waals surface area contributed by atoms with Crippen LogP contribution in [0.2, 0.25) is 0 Å². The van der Waals surface area contributed by atoms with Gasteiger partial charge in [-0.15, -0.1) is 0 Å². The van der Waals surface area contributed by atoms with Crippen LogP contribution in [0.3, 0.4) is 0 Å². The van der Waals surface area contributed by atoms with Gasteiger partial charge in [0, 0.05) is 11.1 Å². The fourth-order valence-corrected chi connectivity index (χ4v) is 3.02. The van der Waals surface area contributed by atoms with Gasteiger partial charge < -0.3 is 14.2 Å². The van der Waals surface area contributed by atoms with Gasteiger partial charge in [-0.3, -0.25) is 4.79 Å². The molecule has 0 heterocycles. The number of allylic oxidation sites excluding steroid dienone is 1. The second-order valence-electron chi connectivity index (χ2n) is 5.88. The van der Waals surface area contributed by atoms with Crippen molar-refractivity contribution in [3.63, 3.8) is 0 Å². The number of carbonyl (C=O) groups excluding carboxylic acids is 1. The number of benzene rings is 2. The van der Waals surface area contributed by atoms with Gasteiger partial charge in [0.1, 0.15) is 11.8 Å². The van der Waals surface area contributed by atoms with Crippen molar-refractivity contribution in [1.29, 1.82) is 5.26 Å². The zero-order valence-corrected chi connectivity index (χ0v) is 14.7. The standard InChI is InChI=1S/C21H19NO4/c1-24-17-6-7-18-15(13-17)4-5-16(21(18)23)11-14-3-8-19(26-10-9-22)20(12-14)25-2/h3,6-8,11-13H,4-5,10H2,1-2H3/b16-11-. The first-order valence-electron chi connectivity index (χ1n) is 8.26. The molecule has 0 bridgehead atoms. The molecule has 0 unspecified atom stereocenters. The van der Waals surface area contributed by atoms with Gasteiger partial charge in [-0.2, -0.15) is 5.26 Å². The van der Waals surface area contributed by atoms with Gasteiger partial charge in [0.2, 0.25) is 0 Å². The van der Waals surface area contributed by atoms with E-state index in [0.717, 1.165) is 34.4 Å². The number of carbonyl (C=O) groups is 1. The third-order valence-corrected chi connectivity index (χ3v) is 4.33. The highest BCUT2D eigenvalue weighted by atomic mass is 16.5. The zero-order valence-electron chi connectivity index (χ0n) is 14.7. The summed E-state index contributed by atoms with van der Waals surface area (Å²) in [5, 5.41) is 8.63. The molecule has 132 valence electrons. The summed E-state index contributed by atoms with van der Waals surface area (Å²) < 4.78 is 15.9. The van der Waals surface area contributed by atoms with Crippen LogP contribution in [0.1, 0.15) is 27.9 Å². The number of hydrogen-bond donors (Lipinski definition) is 0. The molecular weight excluding hydrogens is 330 g/mol. The lowest BCUT2D eigenvalue weighted by Crippen LogP contribution is -2.14. The summed E-state index contributed by atoms with van der Waals surface area (Å²) in [7, 11) is 3.16. The Morgan fingerprint density at radius 2 is 1.92 bits per heavy atom. The molecule has 0 aromatic heterocycles. The Morgan fingerprint density at radius 3 is 2.65 bits per heavy atom. The van der Waals surface area contributed by atoms with E-state index < -0.39 is 0 Å². The lowest BCUT2D eigenvalue weighted by molar-refractivity contribution is 0.102. The van der Waals surface area contributed by atoms with E-state index >= 15 is 0 Å². The first kappa shape index (κ1) is 17.6. The lowest BCUT2D eigenvalue weighted by atomic mass is 9.86. The summed E-state index contributed by atoms with van der Waals surface area (Å²) in [6.45, 7) is -0.0461. The van der Waals surface area contributed by atoms with E-state index in [1.165, 1.54) is 0 Å². The number of nitrogens with zero attached hydrogens (tertiary/aromatic N) is 1. The smallest absolute Gasteiger partial charge is 0.189 e. The number of ether oxygens (including phenoxy) is 3. The molecular formula is C21H19NO4. The van der Waals surface area contributed by atoms with E-state index in [4.69, 9.17) is 19.5 Å². The molecule has 26 heavy (non-hydrogen) atoms. The number of ketones is 1. The van der Waals surface area contributed by atoms with Crippen LogP contribution in [0, 0.1) is 11.3 Å². The fraction of sp³-hybridized carbons (Fsp3) is 0.238. The lowest BCUT2D eigenvalue weighted by Gasteiger charge is -2.18. The predicted molar refractivity (Wildman–Crippen MR) is 97.7 cm³/mol. The highest BCUT2D eigenvalue weighted by molar-refractivity contribution is 6.13. The summed E-state index contributed by atoms with van der Waals surface area (Å²) in [5.74, 6) is 1.84. The van der Waals surface area contributed by atoms with Crippen LogP contribution >= 0.6 is 0 Å². The van der Waals surface area contributed by atoms with Crippen molar-refractivity contribution < 1.29 is 19.0 Å². The van der Waals surface area contributed by atoms with Gasteiger partial charge in [0.05, 0.1) is 14.2 Å². The van der Waals surface area contributed by atoms with Gasteiger partial charge in [-0.05, 0) is 60.4 Å². The summed E-state index contributed by atoms with van der Waals surface area (Å²) in [6, 6.07) is 12.9. The topological polar surface area (TPSA) is 68.6 Å². The van der Waals surface area contributed by atoms with E-state index in [1.807, 2.05) is 36.4 Å². The summed E-state index contributed by atoms with van der Waals surface area (Å²) in [5.41, 5.74) is 3.36. The van der Waals surface area contributed by atoms with E-state index in [0.29, 0.717) is 17.9 Å². The Kier molecular flexibility index (Phi) is 5.23. The van der Waals surface area contributed by atoms with Crippen LogP contribution in [0.5, 0.6) is 17.2 Å².